The van der Waals surface area contributed by atoms with Gasteiger partial charge in [-0.3, -0.25) is 5.41 Å². The van der Waals surface area contributed by atoms with Crippen molar-refractivity contribution < 1.29 is 0 Å². The molecule has 2 aromatic carbocycles. The molecule has 0 aliphatic heterocycles. The van der Waals surface area contributed by atoms with E-state index in [2.05, 4.69) is 17.4 Å². The van der Waals surface area contributed by atoms with E-state index in [1.165, 1.54) is 5.56 Å². The van der Waals surface area contributed by atoms with E-state index < -0.39 is 0 Å². The van der Waals surface area contributed by atoms with E-state index in [9.17, 15) is 0 Å². The molecule has 0 aliphatic rings. The van der Waals surface area contributed by atoms with Crippen LogP contribution in [0.3, 0.4) is 0 Å². The highest BCUT2D eigenvalue weighted by molar-refractivity contribution is 14.1. The second-order valence-electron chi connectivity index (χ2n) is 3.70. The first-order valence-corrected chi connectivity index (χ1v) is 6.46. The molecule has 17 heavy (non-hydrogen) atoms. The van der Waals surface area contributed by atoms with Crippen LogP contribution in [0.2, 0.25) is 0 Å². The molecule has 0 aromatic heterocycles. The van der Waals surface area contributed by atoms with Crippen LogP contribution in [0, 0.1) is 5.41 Å². The van der Waals surface area contributed by atoms with Crippen molar-refractivity contribution in [1.82, 2.24) is 0 Å². The minimum absolute atomic E-state index is 0.554. The number of hydrogen-bond donors (Lipinski definition) is 2. The Morgan fingerprint density at radius 1 is 1.00 bits per heavy atom. The average Bonchev–Trinajstić information content (AvgIpc) is 2.38. The van der Waals surface area contributed by atoms with Crippen LogP contribution in [0.25, 0.3) is 0 Å². The highest BCUT2D eigenvalue weighted by Crippen LogP contribution is 2.18. The summed E-state index contributed by atoms with van der Waals surface area (Å²) >= 11 is 2.03. The molecule has 0 aliphatic carbocycles. The van der Waals surface area contributed by atoms with Crippen molar-refractivity contribution in [2.75, 3.05) is 5.32 Å². The summed E-state index contributed by atoms with van der Waals surface area (Å²) < 4.78 is 0.554. The number of halogens is 1. The third kappa shape index (κ3) is 3.30. The van der Waals surface area contributed by atoms with E-state index >= 15 is 0 Å². The lowest BCUT2D eigenvalue weighted by Crippen LogP contribution is -2.03. The van der Waals surface area contributed by atoms with Crippen molar-refractivity contribution in [3.63, 3.8) is 0 Å². The topological polar surface area (TPSA) is 35.9 Å². The van der Waals surface area contributed by atoms with Crippen molar-refractivity contribution in [2.45, 2.75) is 6.54 Å². The summed E-state index contributed by atoms with van der Waals surface area (Å²) in [6.45, 7) is 0.780. The van der Waals surface area contributed by atoms with Gasteiger partial charge in [0.05, 0.1) is 0 Å². The zero-order chi connectivity index (χ0) is 12.1. The molecule has 0 atom stereocenters. The van der Waals surface area contributed by atoms with Crippen LogP contribution in [0.4, 0.5) is 5.69 Å². The molecule has 86 valence electrons. The quantitative estimate of drug-likeness (QED) is 0.641. The smallest absolute Gasteiger partial charge is 0.101 e. The van der Waals surface area contributed by atoms with Crippen molar-refractivity contribution >= 4 is 32.0 Å². The predicted octanol–water partition coefficient (Wildman–Crippen LogP) is 4.06. The summed E-state index contributed by atoms with van der Waals surface area (Å²) in [6.07, 6.45) is 0. The number of hydrogen-bond acceptors (Lipinski definition) is 2. The summed E-state index contributed by atoms with van der Waals surface area (Å²) in [4.78, 5) is 0. The number of para-hydroxylation sites is 1. The SMILES string of the molecule is N=C(I)c1ccccc1NCc1ccccc1. The van der Waals surface area contributed by atoms with Crippen molar-refractivity contribution in [3.05, 3.63) is 65.7 Å². The molecule has 2 rings (SSSR count). The minimum Gasteiger partial charge on any atom is -0.380 e. The lowest BCUT2D eigenvalue weighted by molar-refractivity contribution is 1.15. The molecule has 3 heteroatoms. The Balaban J connectivity index is 2.12. The van der Waals surface area contributed by atoms with Gasteiger partial charge in [0.2, 0.25) is 0 Å². The maximum atomic E-state index is 7.71. The van der Waals surface area contributed by atoms with Gasteiger partial charge < -0.3 is 5.32 Å². The van der Waals surface area contributed by atoms with Gasteiger partial charge in [0.1, 0.15) is 3.72 Å². The van der Waals surface area contributed by atoms with Crippen molar-refractivity contribution in [2.24, 2.45) is 0 Å². The van der Waals surface area contributed by atoms with E-state index in [0.717, 1.165) is 17.8 Å². The van der Waals surface area contributed by atoms with Crippen LogP contribution in [0.15, 0.2) is 54.6 Å². The normalized spacial score (nSPS) is 9.94. The molecule has 2 aromatic rings. The lowest BCUT2D eigenvalue weighted by atomic mass is 10.1. The Bertz CT molecular complexity index is 509. The molecule has 0 bridgehead atoms. The fraction of sp³-hybridized carbons (Fsp3) is 0.0714. The Labute approximate surface area is 115 Å². The molecule has 0 spiro atoms. The molecule has 2 nitrogen and oxygen atoms in total. The summed E-state index contributed by atoms with van der Waals surface area (Å²) in [7, 11) is 0. The van der Waals surface area contributed by atoms with E-state index in [0.29, 0.717) is 3.72 Å². The predicted molar refractivity (Wildman–Crippen MR) is 81.1 cm³/mol. The molecule has 0 saturated heterocycles. The van der Waals surface area contributed by atoms with Crippen LogP contribution >= 0.6 is 22.6 Å². The van der Waals surface area contributed by atoms with Crippen molar-refractivity contribution in [1.29, 1.82) is 5.41 Å². The minimum atomic E-state index is 0.554. The molecule has 0 unspecified atom stereocenters. The van der Waals surface area contributed by atoms with E-state index in [-0.39, 0.29) is 0 Å². The number of nitrogens with one attached hydrogen (secondary N) is 2. The fourth-order valence-electron chi connectivity index (χ4n) is 1.62. The molecule has 0 heterocycles. The highest BCUT2D eigenvalue weighted by Gasteiger charge is 2.03. The third-order valence-electron chi connectivity index (χ3n) is 2.49. The van der Waals surface area contributed by atoms with Gasteiger partial charge in [0.15, 0.2) is 0 Å². The molecule has 0 amide bonds. The second kappa shape index (κ2) is 5.82. The van der Waals surface area contributed by atoms with Gasteiger partial charge in [-0.25, -0.2) is 0 Å². The molecule has 0 radical (unpaired) electrons. The lowest BCUT2D eigenvalue weighted by Gasteiger charge is -2.10. The fourth-order valence-corrected chi connectivity index (χ4v) is 2.09. The van der Waals surface area contributed by atoms with Crippen LogP contribution in [-0.4, -0.2) is 3.72 Å². The number of anilines is 1. The maximum Gasteiger partial charge on any atom is 0.101 e. The van der Waals surface area contributed by atoms with E-state index in [4.69, 9.17) is 5.41 Å². The molecule has 2 N–H and O–H groups in total. The first-order valence-electron chi connectivity index (χ1n) is 5.38. The average molecular weight is 336 g/mol. The molecule has 0 saturated carbocycles. The maximum absolute atomic E-state index is 7.71. The van der Waals surface area contributed by atoms with Gasteiger partial charge in [-0.1, -0.05) is 48.5 Å². The van der Waals surface area contributed by atoms with Crippen LogP contribution in [0.5, 0.6) is 0 Å². The van der Waals surface area contributed by atoms with Crippen LogP contribution < -0.4 is 5.32 Å². The summed E-state index contributed by atoms with van der Waals surface area (Å²) in [5, 5.41) is 11.1. The Hall–Kier alpha value is -1.36. The zero-order valence-corrected chi connectivity index (χ0v) is 11.4. The largest absolute Gasteiger partial charge is 0.380 e. The monoisotopic (exact) mass is 336 g/mol. The van der Waals surface area contributed by atoms with Gasteiger partial charge in [-0.15, -0.1) is 0 Å². The summed E-state index contributed by atoms with van der Waals surface area (Å²) in [5.74, 6) is 0. The first kappa shape index (κ1) is 12.1. The Morgan fingerprint density at radius 2 is 1.65 bits per heavy atom. The number of benzene rings is 2. The van der Waals surface area contributed by atoms with Gasteiger partial charge in [0, 0.05) is 17.8 Å². The standard InChI is InChI=1S/C14H13IN2/c15-14(16)12-8-4-5-9-13(12)17-10-11-6-2-1-3-7-11/h1-9,16-17H,10H2. The van der Waals surface area contributed by atoms with Gasteiger partial charge >= 0.3 is 0 Å². The Kier molecular flexibility index (Phi) is 4.14. The summed E-state index contributed by atoms with van der Waals surface area (Å²) in [5.41, 5.74) is 3.20. The Morgan fingerprint density at radius 3 is 2.35 bits per heavy atom. The van der Waals surface area contributed by atoms with Crippen LogP contribution in [0.1, 0.15) is 11.1 Å². The van der Waals surface area contributed by atoms with E-state index in [1.807, 2.05) is 65.1 Å². The van der Waals surface area contributed by atoms with Gasteiger partial charge in [-0.05, 0) is 34.2 Å². The molecule has 0 fully saturated rings. The second-order valence-corrected chi connectivity index (χ2v) is 4.78. The molecular formula is C14H13IN2. The van der Waals surface area contributed by atoms with Crippen molar-refractivity contribution in [3.8, 4) is 0 Å². The highest BCUT2D eigenvalue weighted by atomic mass is 127. The summed E-state index contributed by atoms with van der Waals surface area (Å²) in [6, 6.07) is 18.2. The third-order valence-corrected chi connectivity index (χ3v) is 3.07. The first-order chi connectivity index (χ1) is 8.27. The zero-order valence-electron chi connectivity index (χ0n) is 9.28. The van der Waals surface area contributed by atoms with Gasteiger partial charge in [0.25, 0.3) is 0 Å². The number of rotatable bonds is 4. The van der Waals surface area contributed by atoms with Crippen LogP contribution in [-0.2, 0) is 6.54 Å². The molecular weight excluding hydrogens is 323 g/mol. The van der Waals surface area contributed by atoms with E-state index in [1.54, 1.807) is 0 Å². The van der Waals surface area contributed by atoms with Gasteiger partial charge in [-0.2, -0.15) is 0 Å².